The Kier molecular flexibility index (Phi) is 8.00. The van der Waals surface area contributed by atoms with Crippen LogP contribution in [0.1, 0.15) is 27.7 Å². The third-order valence-electron chi connectivity index (χ3n) is 4.04. The summed E-state index contributed by atoms with van der Waals surface area (Å²) in [7, 11) is -3.12. The molecule has 17 heavy (non-hydrogen) atoms. The molecule has 0 spiro atoms. The summed E-state index contributed by atoms with van der Waals surface area (Å²) in [5.74, 6) is 0. The van der Waals surface area contributed by atoms with E-state index >= 15 is 0 Å². The zero-order valence-electron chi connectivity index (χ0n) is 12.2. The molecule has 0 aromatic heterocycles. The molecule has 1 nitrogen and oxygen atoms in total. The molecule has 0 aliphatic carbocycles. The van der Waals surface area contributed by atoms with Gasteiger partial charge in [-0.15, -0.1) is 13.2 Å². The average molecular weight is 271 g/mol. The van der Waals surface area contributed by atoms with Crippen LogP contribution >= 0.6 is 0 Å². The maximum atomic E-state index is 6.84. The first kappa shape index (κ1) is 16.9. The van der Waals surface area contributed by atoms with Crippen LogP contribution in [-0.4, -0.2) is 16.6 Å². The van der Waals surface area contributed by atoms with E-state index in [0.717, 1.165) is 12.1 Å². The topological polar surface area (TPSA) is 9.23 Å². The van der Waals surface area contributed by atoms with Gasteiger partial charge in [-0.1, -0.05) is 39.8 Å². The number of allylic oxidation sites excluding steroid dienone is 2. The fourth-order valence-corrected chi connectivity index (χ4v) is 12.3. The van der Waals surface area contributed by atoms with Gasteiger partial charge in [-0.3, -0.25) is 0 Å². The van der Waals surface area contributed by atoms with E-state index in [1.165, 1.54) is 24.2 Å². The van der Waals surface area contributed by atoms with Gasteiger partial charge in [-0.25, -0.2) is 0 Å². The summed E-state index contributed by atoms with van der Waals surface area (Å²) in [6.07, 6.45) is 4.13. The van der Waals surface area contributed by atoms with Crippen LogP contribution in [0.4, 0.5) is 0 Å². The molecule has 0 amide bonds. The third-order valence-corrected chi connectivity index (χ3v) is 14.7. The molecule has 0 saturated carbocycles. The molecule has 0 fully saturated rings. The van der Waals surface area contributed by atoms with Crippen LogP contribution in [0, 0.1) is 0 Å². The molecule has 3 heteroatoms. The van der Waals surface area contributed by atoms with E-state index in [1.807, 2.05) is 0 Å². The van der Waals surface area contributed by atoms with Crippen molar-refractivity contribution in [1.29, 1.82) is 0 Å². The predicted molar refractivity (Wildman–Crippen MR) is 84.5 cm³/mol. The molecule has 0 aliphatic rings. The van der Waals surface area contributed by atoms with E-state index < -0.39 is 16.6 Å². The first-order valence-electron chi connectivity index (χ1n) is 6.99. The first-order chi connectivity index (χ1) is 8.07. The Morgan fingerprint density at radius 2 is 1.06 bits per heavy atom. The molecule has 0 bridgehead atoms. The fourth-order valence-electron chi connectivity index (χ4n) is 2.43. The van der Waals surface area contributed by atoms with Crippen LogP contribution < -0.4 is 0 Å². The molecule has 0 aliphatic heterocycles. The maximum absolute atomic E-state index is 6.84. The Labute approximate surface area is 110 Å². The molecule has 100 valence electrons. The van der Waals surface area contributed by atoms with Crippen LogP contribution in [0.15, 0.2) is 25.3 Å². The average Bonchev–Trinajstić information content (AvgIpc) is 2.37. The Morgan fingerprint density at radius 3 is 1.24 bits per heavy atom. The monoisotopic (exact) mass is 270 g/mol. The summed E-state index contributed by atoms with van der Waals surface area (Å²) in [6.45, 7) is 17.0. The summed E-state index contributed by atoms with van der Waals surface area (Å²) < 4.78 is 6.84. The highest BCUT2D eigenvalue weighted by molar-refractivity contribution is 6.87. The zero-order valence-corrected chi connectivity index (χ0v) is 14.2. The van der Waals surface area contributed by atoms with Crippen molar-refractivity contribution < 1.29 is 4.12 Å². The summed E-state index contributed by atoms with van der Waals surface area (Å²) >= 11 is 0. The fraction of sp³-hybridized carbons (Fsp3) is 0.714. The van der Waals surface area contributed by atoms with Crippen LogP contribution in [0.2, 0.25) is 36.3 Å². The maximum Gasteiger partial charge on any atom is 0.182 e. The van der Waals surface area contributed by atoms with Gasteiger partial charge in [0.15, 0.2) is 16.6 Å². The third kappa shape index (κ3) is 4.56. The molecular weight excluding hydrogens is 240 g/mol. The van der Waals surface area contributed by atoms with E-state index in [4.69, 9.17) is 4.12 Å². The van der Waals surface area contributed by atoms with Crippen molar-refractivity contribution in [2.45, 2.75) is 64.0 Å². The van der Waals surface area contributed by atoms with E-state index in [2.05, 4.69) is 53.0 Å². The van der Waals surface area contributed by atoms with Gasteiger partial charge in [-0.05, 0) is 36.3 Å². The van der Waals surface area contributed by atoms with E-state index in [1.54, 1.807) is 0 Å². The van der Waals surface area contributed by atoms with Gasteiger partial charge in [0.25, 0.3) is 0 Å². The van der Waals surface area contributed by atoms with Crippen LogP contribution in [0.5, 0.6) is 0 Å². The van der Waals surface area contributed by atoms with Crippen molar-refractivity contribution in [3.05, 3.63) is 25.3 Å². The van der Waals surface area contributed by atoms with Crippen LogP contribution in [0.25, 0.3) is 0 Å². The van der Waals surface area contributed by atoms with Crippen molar-refractivity contribution in [1.82, 2.24) is 0 Å². The molecule has 0 rings (SSSR count). The summed E-state index contributed by atoms with van der Waals surface area (Å²) in [5, 5.41) is 0. The molecule has 0 N–H and O–H groups in total. The second kappa shape index (κ2) is 8.06. The second-order valence-electron chi connectivity index (χ2n) is 4.87. The molecule has 0 radical (unpaired) electrons. The van der Waals surface area contributed by atoms with E-state index in [9.17, 15) is 0 Å². The van der Waals surface area contributed by atoms with Crippen LogP contribution in [0.3, 0.4) is 0 Å². The number of rotatable bonds is 10. The summed E-state index contributed by atoms with van der Waals surface area (Å²) in [4.78, 5) is 0. The van der Waals surface area contributed by atoms with Gasteiger partial charge in [0.05, 0.1) is 0 Å². The highest BCUT2D eigenvalue weighted by Gasteiger charge is 2.40. The van der Waals surface area contributed by atoms with Gasteiger partial charge in [0, 0.05) is 0 Å². The highest BCUT2D eigenvalue weighted by Crippen LogP contribution is 2.32. The molecule has 0 heterocycles. The molecule has 0 aromatic rings. The lowest BCUT2D eigenvalue weighted by atomic mass is 10.8. The van der Waals surface area contributed by atoms with Crippen molar-refractivity contribution in [2.75, 3.05) is 0 Å². The Bertz CT molecular complexity index is 206. The molecule has 0 atom stereocenters. The zero-order chi connectivity index (χ0) is 13.4. The van der Waals surface area contributed by atoms with Gasteiger partial charge in [-0.2, -0.15) is 0 Å². The minimum Gasteiger partial charge on any atom is -0.454 e. The number of hydrogen-bond acceptors (Lipinski definition) is 1. The van der Waals surface area contributed by atoms with Crippen LogP contribution in [-0.2, 0) is 4.12 Å². The van der Waals surface area contributed by atoms with Gasteiger partial charge < -0.3 is 4.12 Å². The normalized spacial score (nSPS) is 12.5. The van der Waals surface area contributed by atoms with E-state index in [-0.39, 0.29) is 0 Å². The molecular formula is C14H30OSi2. The van der Waals surface area contributed by atoms with E-state index in [0.29, 0.717) is 0 Å². The smallest absolute Gasteiger partial charge is 0.182 e. The van der Waals surface area contributed by atoms with Crippen molar-refractivity contribution in [3.8, 4) is 0 Å². The van der Waals surface area contributed by atoms with Gasteiger partial charge >= 0.3 is 0 Å². The standard InChI is InChI=1S/C14H30OSi2/c1-7-13-16(9-3,10-4)15-17(11-5,12-6)14-8-2/h7-8H,1-2,9-14H2,3-6H3. The lowest BCUT2D eigenvalue weighted by molar-refractivity contribution is 0.515. The quantitative estimate of drug-likeness (QED) is 0.384. The van der Waals surface area contributed by atoms with Crippen molar-refractivity contribution >= 4 is 16.6 Å². The van der Waals surface area contributed by atoms with Crippen molar-refractivity contribution in [3.63, 3.8) is 0 Å². The molecule has 0 aromatic carbocycles. The lowest BCUT2D eigenvalue weighted by Gasteiger charge is -2.40. The Balaban J connectivity index is 5.01. The van der Waals surface area contributed by atoms with Crippen molar-refractivity contribution in [2.24, 2.45) is 0 Å². The minimum absolute atomic E-state index is 1.10. The predicted octanol–water partition coefficient (Wildman–Crippen LogP) is 5.35. The SMILES string of the molecule is C=CC[Si](CC)(CC)O[Si](CC)(CC)CC=C. The number of hydrogen-bond donors (Lipinski definition) is 0. The molecule has 0 unspecified atom stereocenters. The lowest BCUT2D eigenvalue weighted by Crippen LogP contribution is -2.49. The van der Waals surface area contributed by atoms with Gasteiger partial charge in [0.1, 0.15) is 0 Å². The minimum atomic E-state index is -1.56. The summed E-state index contributed by atoms with van der Waals surface area (Å²) in [6, 6.07) is 7.05. The van der Waals surface area contributed by atoms with Gasteiger partial charge in [0.2, 0.25) is 0 Å². The Morgan fingerprint density at radius 1 is 0.765 bits per heavy atom. The molecule has 0 saturated heterocycles. The first-order valence-corrected chi connectivity index (χ1v) is 12.1. The second-order valence-corrected chi connectivity index (χ2v) is 14.1. The summed E-state index contributed by atoms with van der Waals surface area (Å²) in [5.41, 5.74) is 0. The Hall–Kier alpha value is -0.126. The highest BCUT2D eigenvalue weighted by atomic mass is 28.4. The largest absolute Gasteiger partial charge is 0.454 e.